The molecule has 0 aliphatic heterocycles. The Morgan fingerprint density at radius 3 is 2.42 bits per heavy atom. The number of anilines is 1. The molecule has 106 valence electrons. The van der Waals surface area contributed by atoms with E-state index in [9.17, 15) is 8.42 Å². The predicted molar refractivity (Wildman–Crippen MR) is 71.6 cm³/mol. The third-order valence-corrected chi connectivity index (χ3v) is 5.22. The molecule has 0 spiro atoms. The molecule has 19 heavy (non-hydrogen) atoms. The van der Waals surface area contributed by atoms with Crippen molar-refractivity contribution in [1.29, 1.82) is 0 Å². The average molecular weight is 285 g/mol. The summed E-state index contributed by atoms with van der Waals surface area (Å²) in [6.45, 7) is 2.57. The van der Waals surface area contributed by atoms with Crippen LogP contribution in [0.25, 0.3) is 0 Å². The van der Waals surface area contributed by atoms with E-state index in [2.05, 4.69) is 27.0 Å². The highest BCUT2D eigenvalue weighted by Gasteiger charge is 2.36. The summed E-state index contributed by atoms with van der Waals surface area (Å²) in [5.41, 5.74) is 2.38. The third kappa shape index (κ3) is 3.02. The minimum absolute atomic E-state index is 0.0528. The SMILES string of the molecule is CCC1(CNS(=O)(=O)c2cnc(NN)nc2)CCC1. The summed E-state index contributed by atoms with van der Waals surface area (Å²) >= 11 is 0. The largest absolute Gasteiger partial charge is 0.292 e. The van der Waals surface area contributed by atoms with Gasteiger partial charge in [-0.3, -0.25) is 5.43 Å². The van der Waals surface area contributed by atoms with Gasteiger partial charge in [-0.2, -0.15) is 0 Å². The second kappa shape index (κ2) is 5.40. The van der Waals surface area contributed by atoms with Gasteiger partial charge in [0.15, 0.2) is 0 Å². The third-order valence-electron chi connectivity index (χ3n) is 3.87. The van der Waals surface area contributed by atoms with Gasteiger partial charge in [0.05, 0.1) is 12.4 Å². The number of nitrogens with one attached hydrogen (secondary N) is 2. The molecule has 0 atom stereocenters. The van der Waals surface area contributed by atoms with Crippen LogP contribution in [-0.4, -0.2) is 24.9 Å². The van der Waals surface area contributed by atoms with Crippen molar-refractivity contribution in [3.63, 3.8) is 0 Å². The first-order chi connectivity index (χ1) is 9.01. The van der Waals surface area contributed by atoms with Gasteiger partial charge in [0, 0.05) is 6.54 Å². The summed E-state index contributed by atoms with van der Waals surface area (Å²) < 4.78 is 26.8. The number of nitrogen functional groups attached to an aromatic ring is 1. The summed E-state index contributed by atoms with van der Waals surface area (Å²) in [6, 6.07) is 0. The number of hydrazine groups is 1. The number of sulfonamides is 1. The quantitative estimate of drug-likeness (QED) is 0.522. The Morgan fingerprint density at radius 2 is 2.00 bits per heavy atom. The molecule has 8 heteroatoms. The monoisotopic (exact) mass is 285 g/mol. The Balaban J connectivity index is 2.05. The minimum Gasteiger partial charge on any atom is -0.292 e. The van der Waals surface area contributed by atoms with E-state index in [0.29, 0.717) is 6.54 Å². The van der Waals surface area contributed by atoms with Crippen LogP contribution in [-0.2, 0) is 10.0 Å². The molecule has 1 heterocycles. The molecule has 1 saturated carbocycles. The molecule has 4 N–H and O–H groups in total. The molecule has 0 saturated heterocycles. The van der Waals surface area contributed by atoms with Crippen molar-refractivity contribution in [3.8, 4) is 0 Å². The molecule has 0 bridgehead atoms. The van der Waals surface area contributed by atoms with Crippen LogP contribution < -0.4 is 16.0 Å². The zero-order valence-corrected chi connectivity index (χ0v) is 11.7. The van der Waals surface area contributed by atoms with Gasteiger partial charge in [-0.15, -0.1) is 0 Å². The van der Waals surface area contributed by atoms with Crippen LogP contribution in [0.1, 0.15) is 32.6 Å². The zero-order valence-electron chi connectivity index (χ0n) is 10.9. The summed E-state index contributed by atoms with van der Waals surface area (Å²) in [6.07, 6.45) is 6.81. The van der Waals surface area contributed by atoms with Gasteiger partial charge < -0.3 is 0 Å². The zero-order chi connectivity index (χ0) is 13.9. The first kappa shape index (κ1) is 14.2. The molecule has 1 aromatic rings. The lowest BCUT2D eigenvalue weighted by molar-refractivity contribution is 0.133. The first-order valence-electron chi connectivity index (χ1n) is 6.30. The molecule has 2 rings (SSSR count). The van der Waals surface area contributed by atoms with Crippen LogP contribution >= 0.6 is 0 Å². The lowest BCUT2D eigenvalue weighted by atomic mass is 9.67. The maximum atomic E-state index is 12.1. The van der Waals surface area contributed by atoms with Crippen LogP contribution in [0.3, 0.4) is 0 Å². The standard InChI is InChI=1S/C11H19N5O2S/c1-2-11(4-3-5-11)8-15-19(17,18)9-6-13-10(16-12)14-7-9/h6-7,15H,2-5,8,12H2,1H3,(H,13,14,16). The number of nitrogens with zero attached hydrogens (tertiary/aromatic N) is 2. The molecule has 0 unspecified atom stereocenters. The van der Waals surface area contributed by atoms with E-state index in [1.54, 1.807) is 0 Å². The van der Waals surface area contributed by atoms with Gasteiger partial charge in [0.25, 0.3) is 0 Å². The van der Waals surface area contributed by atoms with E-state index in [0.717, 1.165) is 19.3 Å². The van der Waals surface area contributed by atoms with Crippen LogP contribution in [0.5, 0.6) is 0 Å². The molecule has 1 aliphatic rings. The lowest BCUT2D eigenvalue weighted by Crippen LogP contribution is -2.41. The van der Waals surface area contributed by atoms with Gasteiger partial charge in [-0.25, -0.2) is 29.0 Å². The van der Waals surface area contributed by atoms with Crippen molar-refractivity contribution in [1.82, 2.24) is 14.7 Å². The molecule has 0 amide bonds. The first-order valence-corrected chi connectivity index (χ1v) is 7.78. The second-order valence-corrected chi connectivity index (χ2v) is 6.69. The minimum atomic E-state index is -3.55. The fourth-order valence-corrected chi connectivity index (χ4v) is 3.24. The van der Waals surface area contributed by atoms with Gasteiger partial charge >= 0.3 is 0 Å². The molecule has 1 aliphatic carbocycles. The smallest absolute Gasteiger partial charge is 0.243 e. The van der Waals surface area contributed by atoms with Crippen molar-refractivity contribution < 1.29 is 8.42 Å². The topological polar surface area (TPSA) is 110 Å². The van der Waals surface area contributed by atoms with E-state index >= 15 is 0 Å². The lowest BCUT2D eigenvalue weighted by Gasteiger charge is -2.41. The highest BCUT2D eigenvalue weighted by atomic mass is 32.2. The Bertz CT molecular complexity index is 519. The molecular formula is C11H19N5O2S. The van der Waals surface area contributed by atoms with Crippen LogP contribution in [0.15, 0.2) is 17.3 Å². The molecule has 0 aromatic carbocycles. The van der Waals surface area contributed by atoms with Crippen LogP contribution in [0.2, 0.25) is 0 Å². The number of hydrogen-bond acceptors (Lipinski definition) is 6. The van der Waals surface area contributed by atoms with Gasteiger partial charge in [0.1, 0.15) is 4.90 Å². The summed E-state index contributed by atoms with van der Waals surface area (Å²) in [5, 5.41) is 0. The molecule has 1 fully saturated rings. The van der Waals surface area contributed by atoms with Crippen molar-refractivity contribution in [2.24, 2.45) is 11.3 Å². The van der Waals surface area contributed by atoms with Gasteiger partial charge in [-0.1, -0.05) is 13.3 Å². The van der Waals surface area contributed by atoms with Gasteiger partial charge in [0.2, 0.25) is 16.0 Å². The Hall–Kier alpha value is -1.25. The maximum absolute atomic E-state index is 12.1. The van der Waals surface area contributed by atoms with Crippen LogP contribution in [0, 0.1) is 5.41 Å². The summed E-state index contributed by atoms with van der Waals surface area (Å²) in [4.78, 5) is 7.64. The van der Waals surface area contributed by atoms with Crippen molar-refractivity contribution >= 4 is 16.0 Å². The molecule has 0 radical (unpaired) electrons. The van der Waals surface area contributed by atoms with E-state index in [1.807, 2.05) is 0 Å². The van der Waals surface area contributed by atoms with E-state index in [-0.39, 0.29) is 16.3 Å². The molecular weight excluding hydrogens is 266 g/mol. The Labute approximate surface area is 113 Å². The highest BCUT2D eigenvalue weighted by molar-refractivity contribution is 7.89. The van der Waals surface area contributed by atoms with Crippen LogP contribution in [0.4, 0.5) is 5.95 Å². The summed E-state index contributed by atoms with van der Waals surface area (Å²) in [5.74, 6) is 5.31. The van der Waals surface area contributed by atoms with Crippen molar-refractivity contribution in [2.75, 3.05) is 12.0 Å². The molecule has 7 nitrogen and oxygen atoms in total. The maximum Gasteiger partial charge on any atom is 0.243 e. The Morgan fingerprint density at radius 1 is 1.37 bits per heavy atom. The van der Waals surface area contributed by atoms with E-state index < -0.39 is 10.0 Å². The summed E-state index contributed by atoms with van der Waals surface area (Å²) in [7, 11) is -3.55. The van der Waals surface area contributed by atoms with Crippen molar-refractivity contribution in [3.05, 3.63) is 12.4 Å². The number of rotatable bonds is 6. The van der Waals surface area contributed by atoms with E-state index in [4.69, 9.17) is 5.84 Å². The molecule has 1 aromatic heterocycles. The second-order valence-electron chi connectivity index (χ2n) is 4.92. The average Bonchev–Trinajstić information content (AvgIpc) is 2.38. The fourth-order valence-electron chi connectivity index (χ4n) is 2.19. The van der Waals surface area contributed by atoms with Gasteiger partial charge in [-0.05, 0) is 24.7 Å². The number of nitrogens with two attached hydrogens (primary N) is 1. The number of hydrogen-bond donors (Lipinski definition) is 3. The fraction of sp³-hybridized carbons (Fsp3) is 0.636. The normalized spacial score (nSPS) is 17.8. The highest BCUT2D eigenvalue weighted by Crippen LogP contribution is 2.43. The number of aromatic nitrogens is 2. The van der Waals surface area contributed by atoms with E-state index in [1.165, 1.54) is 18.8 Å². The Kier molecular flexibility index (Phi) is 4.02. The van der Waals surface area contributed by atoms with Crippen molar-refractivity contribution in [2.45, 2.75) is 37.5 Å². The predicted octanol–water partition coefficient (Wildman–Crippen LogP) is 0.621.